The van der Waals surface area contributed by atoms with E-state index >= 15 is 0 Å². The second-order valence-electron chi connectivity index (χ2n) is 21.5. The minimum atomic E-state index is -1.93. The number of aromatic nitrogens is 1. The second kappa shape index (κ2) is 23.3. The first kappa shape index (κ1) is 53.8. The summed E-state index contributed by atoms with van der Waals surface area (Å²) < 4.78 is 18.2. The van der Waals surface area contributed by atoms with Gasteiger partial charge in [-0.2, -0.15) is 0 Å². The Labute approximate surface area is 390 Å². The molecule has 0 aliphatic carbocycles. The average Bonchev–Trinajstić information content (AvgIpc) is 3.18. The zero-order valence-electron chi connectivity index (χ0n) is 42.1. The number of hydrogen-bond acceptors (Lipinski definition) is 14. The van der Waals surface area contributed by atoms with E-state index in [9.17, 15) is 24.0 Å². The third-order valence-electron chi connectivity index (χ3n) is 12.4. The number of ether oxygens (including phenoxy) is 2. The quantitative estimate of drug-likeness (QED) is 0.161. The summed E-state index contributed by atoms with van der Waals surface area (Å²) in [6.07, 6.45) is 0.399. The number of Topliss-reactive ketones (excluding diaryl/α,β-unsaturated/α-hetero) is 2. The second-order valence-corrected chi connectivity index (χ2v) is 26.3. The summed E-state index contributed by atoms with van der Waals surface area (Å²) in [7, 11) is -1.93. The van der Waals surface area contributed by atoms with E-state index in [1.54, 1.807) is 13.8 Å². The molecular weight excluding hydrogens is 843 g/mol. The molecule has 16 heteroatoms. The van der Waals surface area contributed by atoms with Crippen molar-refractivity contribution in [3.05, 3.63) is 36.0 Å². The summed E-state index contributed by atoms with van der Waals surface area (Å²) in [6.45, 7) is 32.6. The molecule has 2 fully saturated rings. The molecule has 1 atom stereocenters. The minimum Gasteiger partial charge on any atom is -0.459 e. The van der Waals surface area contributed by atoms with E-state index in [2.05, 4.69) is 77.7 Å². The summed E-state index contributed by atoms with van der Waals surface area (Å²) >= 11 is 0. The highest BCUT2D eigenvalue weighted by molar-refractivity contribution is 6.74. The summed E-state index contributed by atoms with van der Waals surface area (Å²) in [4.78, 5) is 83.4. The summed E-state index contributed by atoms with van der Waals surface area (Å²) in [6, 6.07) is 9.74. The Kier molecular flexibility index (Phi) is 19.3. The molecule has 2 aliphatic rings. The Morgan fingerprint density at radius 2 is 1.17 bits per heavy atom. The van der Waals surface area contributed by atoms with Crippen molar-refractivity contribution in [1.82, 2.24) is 29.5 Å². The molecule has 2 aliphatic heterocycles. The number of carbonyl (C=O) groups excluding carboxylic acids is 5. The van der Waals surface area contributed by atoms with Crippen molar-refractivity contribution in [2.45, 2.75) is 131 Å². The fraction of sp³-hybridized carbons (Fsp3) is 0.714. The number of rotatable bonds is 15. The highest BCUT2D eigenvalue weighted by Gasteiger charge is 2.37. The van der Waals surface area contributed by atoms with Crippen molar-refractivity contribution in [3.8, 4) is 0 Å². The van der Waals surface area contributed by atoms with Gasteiger partial charge in [0.15, 0.2) is 8.32 Å². The Morgan fingerprint density at radius 1 is 0.662 bits per heavy atom. The molecule has 3 heterocycles. The number of hydrogen-bond donors (Lipinski definition) is 0. The lowest BCUT2D eigenvalue weighted by atomic mass is 10.1. The number of pyridine rings is 1. The number of fused-ring (bicyclic) bond motifs is 1. The van der Waals surface area contributed by atoms with Crippen LogP contribution >= 0.6 is 0 Å². The van der Waals surface area contributed by atoms with E-state index in [0.29, 0.717) is 85.1 Å². The lowest BCUT2D eigenvalue weighted by Crippen LogP contribution is -2.53. The minimum absolute atomic E-state index is 0.0190. The third kappa shape index (κ3) is 18.1. The van der Waals surface area contributed by atoms with Gasteiger partial charge in [-0.25, -0.2) is 0 Å². The van der Waals surface area contributed by atoms with Gasteiger partial charge in [0.1, 0.15) is 28.8 Å². The lowest BCUT2D eigenvalue weighted by molar-refractivity contribution is -0.163. The molecule has 0 spiro atoms. The van der Waals surface area contributed by atoms with Gasteiger partial charge >= 0.3 is 11.9 Å². The van der Waals surface area contributed by atoms with Crippen molar-refractivity contribution in [1.29, 1.82) is 0 Å². The first-order valence-corrected chi connectivity index (χ1v) is 26.5. The van der Waals surface area contributed by atoms with Crippen LogP contribution in [0, 0.1) is 0 Å². The van der Waals surface area contributed by atoms with Crippen molar-refractivity contribution < 1.29 is 37.9 Å². The molecule has 65 heavy (non-hydrogen) atoms. The normalized spacial score (nSPS) is 18.2. The van der Waals surface area contributed by atoms with E-state index in [-0.39, 0.29) is 61.0 Å². The number of carbonyl (C=O) groups is 5. The predicted molar refractivity (Wildman–Crippen MR) is 259 cm³/mol. The van der Waals surface area contributed by atoms with Gasteiger partial charge in [-0.1, -0.05) is 32.9 Å². The van der Waals surface area contributed by atoms with Crippen molar-refractivity contribution in [2.75, 3.05) is 103 Å². The SMILES string of the molecule is CC(=O)CN1CCN(CC(C)=O)CCN(C(CCC(=O)N2CCN(c3ccc4ccc(CO[Si](C)(C)C(C)(C)C)nc4c3)CC2)C(=O)OC(C)(C)C)CCN(CC(=O)OC(C)(C)C)CC1. The predicted octanol–water partition coefficient (Wildman–Crippen LogP) is 5.64. The molecular formula is C49H81N7O8Si. The molecule has 0 N–H and O–H groups in total. The van der Waals surface area contributed by atoms with Crippen LogP contribution in [0.25, 0.3) is 10.9 Å². The molecule has 1 aromatic carbocycles. The zero-order valence-corrected chi connectivity index (χ0v) is 43.1. The average molecular weight is 924 g/mol. The van der Waals surface area contributed by atoms with Gasteiger partial charge in [-0.3, -0.25) is 48.6 Å². The summed E-state index contributed by atoms with van der Waals surface area (Å²) in [5.74, 6) is -0.726. The Balaban J connectivity index is 1.49. The Bertz CT molecular complexity index is 1930. The van der Waals surface area contributed by atoms with Gasteiger partial charge < -0.3 is 23.7 Å². The van der Waals surface area contributed by atoms with E-state index in [1.165, 1.54) is 0 Å². The Morgan fingerprint density at radius 3 is 1.68 bits per heavy atom. The standard InChI is InChI=1S/C49H81N7O8Si/c1-37(57)33-51-20-21-52(34-38(2)58)24-26-55(27-25-53(23-22-51)35-45(60)63-47(3,4)5)43(46(61)64-48(6,7)8)18-19-44(59)56-30-28-54(29-31-56)41-17-15-39-14-16-40(50-42(39)32-41)36-62-65(12,13)49(9,10)11/h14-17,32,43H,18-31,33-36H2,1-13H3. The van der Waals surface area contributed by atoms with Crippen molar-refractivity contribution >= 4 is 54.3 Å². The van der Waals surface area contributed by atoms with Gasteiger partial charge in [0.25, 0.3) is 0 Å². The molecule has 15 nitrogen and oxygen atoms in total. The van der Waals surface area contributed by atoms with Gasteiger partial charge in [-0.05, 0) is 98.1 Å². The molecule has 4 rings (SSSR count). The monoisotopic (exact) mass is 924 g/mol. The third-order valence-corrected chi connectivity index (χ3v) is 16.9. The highest BCUT2D eigenvalue weighted by atomic mass is 28.4. The molecule has 364 valence electrons. The fourth-order valence-electron chi connectivity index (χ4n) is 7.87. The van der Waals surface area contributed by atoms with Crippen LogP contribution < -0.4 is 4.90 Å². The van der Waals surface area contributed by atoms with Crippen LogP contribution in [0.4, 0.5) is 5.69 Å². The topological polar surface area (TPSA) is 145 Å². The molecule has 1 amide bonds. The van der Waals surface area contributed by atoms with Crippen LogP contribution in [0.5, 0.6) is 0 Å². The largest absolute Gasteiger partial charge is 0.459 e. The number of anilines is 1. The molecule has 2 saturated heterocycles. The lowest BCUT2D eigenvalue weighted by Gasteiger charge is -2.38. The van der Waals surface area contributed by atoms with Gasteiger partial charge in [0.05, 0.1) is 37.5 Å². The Hall–Kier alpha value is -3.80. The number of amides is 1. The maximum absolute atomic E-state index is 14.2. The van der Waals surface area contributed by atoms with Crippen LogP contribution in [-0.4, -0.2) is 183 Å². The number of nitrogens with zero attached hydrogens (tertiary/aromatic N) is 7. The number of piperazine rings is 1. The molecule has 0 bridgehead atoms. The van der Waals surface area contributed by atoms with Crippen LogP contribution in [0.1, 0.15) is 94.7 Å². The fourth-order valence-corrected chi connectivity index (χ4v) is 8.81. The van der Waals surface area contributed by atoms with E-state index in [1.807, 2.05) is 57.4 Å². The maximum Gasteiger partial charge on any atom is 0.323 e. The molecule has 2 aromatic rings. The summed E-state index contributed by atoms with van der Waals surface area (Å²) in [5, 5.41) is 1.18. The van der Waals surface area contributed by atoms with Crippen molar-refractivity contribution in [2.24, 2.45) is 0 Å². The molecule has 1 unspecified atom stereocenters. The number of benzene rings is 1. The zero-order chi connectivity index (χ0) is 48.3. The van der Waals surface area contributed by atoms with Gasteiger partial charge in [0, 0.05) is 96.0 Å². The molecule has 1 aromatic heterocycles. The van der Waals surface area contributed by atoms with Crippen LogP contribution in [0.2, 0.25) is 18.1 Å². The van der Waals surface area contributed by atoms with Crippen LogP contribution in [0.3, 0.4) is 0 Å². The maximum atomic E-state index is 14.2. The molecule has 0 saturated carbocycles. The van der Waals surface area contributed by atoms with Crippen LogP contribution in [-0.2, 0) is 44.5 Å². The summed E-state index contributed by atoms with van der Waals surface area (Å²) in [5.41, 5.74) is 1.47. The van der Waals surface area contributed by atoms with Crippen molar-refractivity contribution in [3.63, 3.8) is 0 Å². The first-order valence-electron chi connectivity index (χ1n) is 23.6. The van der Waals surface area contributed by atoms with E-state index in [0.717, 1.165) is 22.3 Å². The number of ketones is 2. The highest BCUT2D eigenvalue weighted by Crippen LogP contribution is 2.37. The first-order chi connectivity index (χ1) is 30.2. The van der Waals surface area contributed by atoms with E-state index < -0.39 is 31.5 Å². The van der Waals surface area contributed by atoms with Crippen LogP contribution in [0.15, 0.2) is 30.3 Å². The van der Waals surface area contributed by atoms with Gasteiger partial charge in [-0.15, -0.1) is 0 Å². The smallest absolute Gasteiger partial charge is 0.323 e. The van der Waals surface area contributed by atoms with E-state index in [4.69, 9.17) is 18.9 Å². The molecule has 0 radical (unpaired) electrons. The number of esters is 2. The van der Waals surface area contributed by atoms with Gasteiger partial charge in [0.2, 0.25) is 5.91 Å².